The molecule has 0 saturated heterocycles. The van der Waals surface area contributed by atoms with Crippen LogP contribution in [0, 0.1) is 11.8 Å². The van der Waals surface area contributed by atoms with Crippen LogP contribution in [0.4, 0.5) is 0 Å². The van der Waals surface area contributed by atoms with Gasteiger partial charge in [0.1, 0.15) is 0 Å². The largest absolute Gasteiger partial charge is 0.306 e. The predicted octanol–water partition coefficient (Wildman–Crippen LogP) is 15.3. The SMILES string of the molecule is CCCCCCCCN1C(=O)c2ccc(-c3ccc(C4=C5C(=O)N(CC(CC)CCCC)C(c6ccc(-c7ccc8c(c7)C(=O)N(CCCCCCCC)C8=O)s6)=C5C(=O)N4CC(CC)CCCC)s3)cc2C1=O. The molecule has 4 aliphatic rings. The molecule has 8 rings (SSSR count). The Balaban J connectivity index is 1.15. The average Bonchev–Trinajstić information content (AvgIpc) is 4.27. The molecule has 0 spiro atoms. The van der Waals surface area contributed by atoms with E-state index in [4.69, 9.17) is 0 Å². The first kappa shape index (κ1) is 54.8. The Labute approximate surface area is 448 Å². The van der Waals surface area contributed by atoms with Crippen molar-refractivity contribution in [2.75, 3.05) is 26.2 Å². The third kappa shape index (κ3) is 11.4. The molecule has 394 valence electrons. The first-order chi connectivity index (χ1) is 36.0. The first-order valence-electron chi connectivity index (χ1n) is 28.3. The predicted molar refractivity (Wildman–Crippen MR) is 301 cm³/mol. The van der Waals surface area contributed by atoms with Gasteiger partial charge in [0.25, 0.3) is 35.4 Å². The van der Waals surface area contributed by atoms with E-state index in [1.807, 2.05) is 58.3 Å². The van der Waals surface area contributed by atoms with E-state index in [1.54, 1.807) is 12.1 Å². The summed E-state index contributed by atoms with van der Waals surface area (Å²) in [5.74, 6) is -0.854. The minimum atomic E-state index is -0.252. The van der Waals surface area contributed by atoms with Crippen LogP contribution in [0.5, 0.6) is 0 Å². The average molecular weight is 1040 g/mol. The smallest absolute Gasteiger partial charge is 0.261 e. The second-order valence-electron chi connectivity index (χ2n) is 21.0. The molecule has 2 aromatic carbocycles. The molecule has 2 unspecified atom stereocenters. The van der Waals surface area contributed by atoms with Gasteiger partial charge in [0, 0.05) is 35.9 Å². The van der Waals surface area contributed by atoms with E-state index in [1.165, 1.54) is 58.2 Å². The van der Waals surface area contributed by atoms with Crippen LogP contribution >= 0.6 is 22.7 Å². The van der Waals surface area contributed by atoms with Crippen LogP contribution < -0.4 is 0 Å². The van der Waals surface area contributed by atoms with Crippen molar-refractivity contribution in [2.45, 2.75) is 170 Å². The zero-order valence-electron chi connectivity index (χ0n) is 45.0. The van der Waals surface area contributed by atoms with Crippen LogP contribution in [-0.2, 0) is 9.59 Å². The molecule has 2 aromatic heterocycles. The minimum Gasteiger partial charge on any atom is -0.306 e. The third-order valence-corrected chi connectivity index (χ3v) is 18.1. The van der Waals surface area contributed by atoms with Gasteiger partial charge in [-0.25, -0.2) is 0 Å². The topological polar surface area (TPSA) is 115 Å². The van der Waals surface area contributed by atoms with Gasteiger partial charge in [-0.05, 0) is 97.2 Å². The fourth-order valence-corrected chi connectivity index (χ4v) is 13.4. The van der Waals surface area contributed by atoms with E-state index in [2.05, 4.69) is 41.5 Å². The zero-order valence-corrected chi connectivity index (χ0v) is 46.6. The van der Waals surface area contributed by atoms with Gasteiger partial charge in [-0.3, -0.25) is 38.6 Å². The number of rotatable bonds is 30. The molecule has 6 heterocycles. The molecule has 0 saturated carbocycles. The lowest BCUT2D eigenvalue weighted by Crippen LogP contribution is -2.34. The normalized spacial score (nSPS) is 16.3. The molecule has 0 bridgehead atoms. The Morgan fingerprint density at radius 2 is 0.716 bits per heavy atom. The summed E-state index contributed by atoms with van der Waals surface area (Å²) in [4.78, 5) is 95.4. The summed E-state index contributed by atoms with van der Waals surface area (Å²) in [5.41, 5.74) is 5.49. The van der Waals surface area contributed by atoms with Gasteiger partial charge in [-0.2, -0.15) is 0 Å². The molecule has 4 aliphatic heterocycles. The number of nitrogens with zero attached hydrogens (tertiary/aromatic N) is 4. The van der Waals surface area contributed by atoms with Crippen LogP contribution in [-0.4, -0.2) is 81.2 Å². The van der Waals surface area contributed by atoms with E-state index in [9.17, 15) is 19.2 Å². The number of benzene rings is 2. The summed E-state index contributed by atoms with van der Waals surface area (Å²) in [7, 11) is 0. The van der Waals surface area contributed by atoms with Gasteiger partial charge >= 0.3 is 0 Å². The van der Waals surface area contributed by atoms with Crippen LogP contribution in [0.25, 0.3) is 32.3 Å². The maximum absolute atomic E-state index is 15.5. The van der Waals surface area contributed by atoms with Crippen molar-refractivity contribution in [1.29, 1.82) is 0 Å². The monoisotopic (exact) mass is 1040 g/mol. The van der Waals surface area contributed by atoms with Gasteiger partial charge in [-0.1, -0.05) is 156 Å². The molecule has 0 fully saturated rings. The third-order valence-electron chi connectivity index (χ3n) is 15.8. The highest BCUT2D eigenvalue weighted by molar-refractivity contribution is 7.17. The number of hydrogen-bond donors (Lipinski definition) is 0. The highest BCUT2D eigenvalue weighted by Gasteiger charge is 2.50. The Kier molecular flexibility index (Phi) is 18.8. The van der Waals surface area contributed by atoms with Crippen LogP contribution in [0.3, 0.4) is 0 Å². The Morgan fingerprint density at radius 3 is 1.09 bits per heavy atom. The summed E-state index contributed by atoms with van der Waals surface area (Å²) in [6, 6.07) is 19.1. The lowest BCUT2D eigenvalue weighted by atomic mass is 9.98. The number of carbonyl (C=O) groups excluding carboxylic acids is 6. The molecule has 4 aromatic rings. The van der Waals surface area contributed by atoms with Crippen LogP contribution in [0.2, 0.25) is 0 Å². The number of thiophene rings is 2. The van der Waals surface area contributed by atoms with Crippen molar-refractivity contribution in [3.05, 3.63) is 104 Å². The highest BCUT2D eigenvalue weighted by Crippen LogP contribution is 2.51. The molecule has 6 amide bonds. The van der Waals surface area contributed by atoms with Crippen molar-refractivity contribution in [2.24, 2.45) is 11.8 Å². The molecule has 12 heteroatoms. The summed E-state index contributed by atoms with van der Waals surface area (Å²) < 4.78 is 0. The second kappa shape index (κ2) is 25.4. The quantitative estimate of drug-likeness (QED) is 0.0379. The fourth-order valence-electron chi connectivity index (χ4n) is 11.2. The first-order valence-corrected chi connectivity index (χ1v) is 30.0. The number of imide groups is 2. The van der Waals surface area contributed by atoms with Crippen molar-refractivity contribution >= 4 is 69.5 Å². The van der Waals surface area contributed by atoms with Crippen LogP contribution in [0.15, 0.2) is 71.8 Å². The number of hydrogen-bond acceptors (Lipinski definition) is 8. The zero-order chi connectivity index (χ0) is 52.5. The molecule has 0 N–H and O–H groups in total. The second-order valence-corrected chi connectivity index (χ2v) is 23.2. The van der Waals surface area contributed by atoms with Crippen molar-refractivity contribution in [3.63, 3.8) is 0 Å². The number of amides is 6. The number of unbranched alkanes of at least 4 members (excludes halogenated alkanes) is 12. The summed E-state index contributed by atoms with van der Waals surface area (Å²) in [5, 5.41) is 0. The van der Waals surface area contributed by atoms with E-state index >= 15 is 9.59 Å². The van der Waals surface area contributed by atoms with Gasteiger partial charge in [0.2, 0.25) is 0 Å². The molecular weight excluding hydrogens is 961 g/mol. The highest BCUT2D eigenvalue weighted by atomic mass is 32.1. The summed E-state index contributed by atoms with van der Waals surface area (Å²) in [6.07, 6.45) is 20.7. The number of fused-ring (bicyclic) bond motifs is 3. The van der Waals surface area contributed by atoms with Crippen LogP contribution in [0.1, 0.15) is 221 Å². The summed E-state index contributed by atoms with van der Waals surface area (Å²) >= 11 is 3.01. The maximum Gasteiger partial charge on any atom is 0.261 e. The molecule has 0 radical (unpaired) electrons. The van der Waals surface area contributed by atoms with Crippen molar-refractivity contribution in [3.8, 4) is 20.9 Å². The van der Waals surface area contributed by atoms with Crippen molar-refractivity contribution < 1.29 is 28.8 Å². The lowest BCUT2D eigenvalue weighted by Gasteiger charge is -2.29. The van der Waals surface area contributed by atoms with Gasteiger partial charge in [0.05, 0.1) is 54.5 Å². The van der Waals surface area contributed by atoms with E-state index < -0.39 is 0 Å². The molecule has 10 nitrogen and oxygen atoms in total. The molecule has 0 aliphatic carbocycles. The number of carbonyl (C=O) groups is 6. The maximum atomic E-state index is 15.5. The van der Waals surface area contributed by atoms with E-state index in [0.717, 1.165) is 133 Å². The van der Waals surface area contributed by atoms with E-state index in [0.29, 0.717) is 71.0 Å². The minimum absolute atomic E-state index is 0.165. The molecule has 74 heavy (non-hydrogen) atoms. The molecular formula is C62H78N4O6S2. The van der Waals surface area contributed by atoms with Gasteiger partial charge in [0.15, 0.2) is 0 Å². The fraction of sp³-hybridized carbons (Fsp3) is 0.516. The van der Waals surface area contributed by atoms with Crippen molar-refractivity contribution in [1.82, 2.24) is 19.6 Å². The van der Waals surface area contributed by atoms with E-state index in [-0.39, 0.29) is 47.3 Å². The van der Waals surface area contributed by atoms with Gasteiger partial charge in [-0.15, -0.1) is 22.7 Å². The summed E-state index contributed by atoms with van der Waals surface area (Å²) in [6.45, 7) is 14.9. The lowest BCUT2D eigenvalue weighted by molar-refractivity contribution is -0.124. The Bertz CT molecular complexity index is 2610. The Morgan fingerprint density at radius 1 is 0.365 bits per heavy atom. The van der Waals surface area contributed by atoms with Gasteiger partial charge < -0.3 is 9.80 Å². The molecule has 2 atom stereocenters. The standard InChI is InChI=1S/C62H78N4O6S2/c1-7-13-17-19-21-23-35-63-57(67)45-29-27-43(37-47(45)59(63)69)49-31-33-51(73-49)55-53-54(62(72)65(55)39-41(11-5)25-15-9-3)56(66(61(53)71)40-42(12-6)26-16-10-4)52-34-32-50(74-52)44-28-30-46-48(38-44)60(70)64(58(46)68)36-24-22-20-18-14-8-2/h27-34,37-38,41-42H,7-26,35-36,39-40H2,1-6H3. The Hall–Kier alpha value is -5.46.